The monoisotopic (exact) mass is 541 g/mol. The number of hydrogen-bond acceptors (Lipinski definition) is 5. The number of ether oxygens (including phenoxy) is 1. The summed E-state index contributed by atoms with van der Waals surface area (Å²) in [6.45, 7) is 3.30. The summed E-state index contributed by atoms with van der Waals surface area (Å²) < 4.78 is 35.5. The number of methoxy groups -OCH3 is 1. The van der Waals surface area contributed by atoms with Crippen LogP contribution in [0.2, 0.25) is 10.0 Å². The Balaban J connectivity index is 1.67. The average Bonchev–Trinajstić information content (AvgIpc) is 3.14. The lowest BCUT2D eigenvalue weighted by molar-refractivity contribution is 0.0997. The summed E-state index contributed by atoms with van der Waals surface area (Å²) in [5.41, 5.74) is 1.03. The zero-order chi connectivity index (χ0) is 24.5. The molecule has 0 saturated carbocycles. The van der Waals surface area contributed by atoms with Gasteiger partial charge >= 0.3 is 0 Å². The molecule has 1 aliphatic rings. The van der Waals surface area contributed by atoms with Crippen LogP contribution in [-0.2, 0) is 21.3 Å². The molecule has 4 rings (SSSR count). The number of piperidine rings is 1. The van der Waals surface area contributed by atoms with E-state index in [4.69, 9.17) is 27.9 Å². The highest BCUT2D eigenvalue weighted by Gasteiger charge is 2.30. The van der Waals surface area contributed by atoms with Gasteiger partial charge in [0.25, 0.3) is 5.91 Å². The van der Waals surface area contributed by atoms with Gasteiger partial charge in [-0.05, 0) is 56.2 Å². The summed E-state index contributed by atoms with van der Waals surface area (Å²) in [5.74, 6) is -0.477. The fraction of sp³-hybridized carbons (Fsp3) is 0.391. The second kappa shape index (κ2) is 10.5. The molecule has 1 amide bonds. The normalized spacial score (nSPS) is 18.0. The van der Waals surface area contributed by atoms with E-state index in [0.29, 0.717) is 40.1 Å². The Labute approximate surface area is 212 Å². The summed E-state index contributed by atoms with van der Waals surface area (Å²) in [6.07, 6.45) is 2.73. The van der Waals surface area contributed by atoms with Crippen molar-refractivity contribution in [2.24, 2.45) is 4.99 Å². The molecule has 1 unspecified atom stereocenters. The van der Waals surface area contributed by atoms with Crippen LogP contribution in [0.25, 0.3) is 10.2 Å². The molecule has 1 atom stereocenters. The molecule has 7 nitrogen and oxygen atoms in total. The van der Waals surface area contributed by atoms with Gasteiger partial charge in [-0.2, -0.15) is 9.30 Å². The molecule has 0 radical (unpaired) electrons. The van der Waals surface area contributed by atoms with Crippen LogP contribution in [0.1, 0.15) is 36.5 Å². The van der Waals surface area contributed by atoms with E-state index in [0.717, 1.165) is 29.5 Å². The molecule has 3 aromatic rings. The van der Waals surface area contributed by atoms with Crippen LogP contribution in [0.3, 0.4) is 0 Å². The van der Waals surface area contributed by atoms with Crippen molar-refractivity contribution in [2.75, 3.05) is 20.3 Å². The van der Waals surface area contributed by atoms with Crippen molar-refractivity contribution >= 4 is 60.7 Å². The number of hydrogen-bond donors (Lipinski definition) is 0. The fourth-order valence-electron chi connectivity index (χ4n) is 4.09. The zero-order valence-corrected chi connectivity index (χ0v) is 22.0. The van der Waals surface area contributed by atoms with Gasteiger partial charge in [-0.3, -0.25) is 4.79 Å². The molecule has 0 spiro atoms. The Bertz CT molecular complexity index is 1380. The number of rotatable bonds is 6. The van der Waals surface area contributed by atoms with Crippen LogP contribution in [0.15, 0.2) is 46.3 Å². The molecule has 2 heterocycles. The molecule has 2 aromatic carbocycles. The number of carbonyl (C=O) groups excluding carboxylic acids is 1. The highest BCUT2D eigenvalue weighted by molar-refractivity contribution is 7.89. The summed E-state index contributed by atoms with van der Waals surface area (Å²) >= 11 is 13.9. The minimum Gasteiger partial charge on any atom is -0.383 e. The smallest absolute Gasteiger partial charge is 0.279 e. The first-order valence-electron chi connectivity index (χ1n) is 10.9. The van der Waals surface area contributed by atoms with E-state index in [1.54, 1.807) is 23.5 Å². The molecule has 1 saturated heterocycles. The molecule has 1 aromatic heterocycles. The Morgan fingerprint density at radius 3 is 2.62 bits per heavy atom. The van der Waals surface area contributed by atoms with Gasteiger partial charge in [0.1, 0.15) is 0 Å². The van der Waals surface area contributed by atoms with E-state index in [1.165, 1.54) is 35.6 Å². The molecule has 1 aliphatic heterocycles. The average molecular weight is 543 g/mol. The van der Waals surface area contributed by atoms with E-state index in [1.807, 2.05) is 11.5 Å². The molecule has 0 N–H and O–H groups in total. The fourth-order valence-corrected chi connectivity index (χ4v) is 7.63. The predicted octanol–water partition coefficient (Wildman–Crippen LogP) is 4.96. The standard InChI is InChI=1S/C23H25Cl2N3O4S2/c1-15-5-3-4-10-28(15)34(30,31)18-8-6-16(7-9-18)22(29)26-23-27(11-12-32-2)21-19(25)13-17(24)14-20(21)33-23/h6-9,13-15H,3-5,10-12H2,1-2H3. The van der Waals surface area contributed by atoms with E-state index in [9.17, 15) is 13.2 Å². The number of carbonyl (C=O) groups is 1. The quantitative estimate of drug-likeness (QED) is 0.441. The largest absolute Gasteiger partial charge is 0.383 e. The number of aromatic nitrogens is 1. The Kier molecular flexibility index (Phi) is 7.81. The lowest BCUT2D eigenvalue weighted by Crippen LogP contribution is -2.41. The summed E-state index contributed by atoms with van der Waals surface area (Å²) in [5, 5.41) is 0.959. The molecule has 0 aliphatic carbocycles. The number of benzene rings is 2. The summed E-state index contributed by atoms with van der Waals surface area (Å²) in [7, 11) is -2.01. The number of fused-ring (bicyclic) bond motifs is 1. The number of sulfonamides is 1. The van der Waals surface area contributed by atoms with Crippen LogP contribution in [0.4, 0.5) is 0 Å². The topological polar surface area (TPSA) is 81.0 Å². The van der Waals surface area contributed by atoms with E-state index >= 15 is 0 Å². The van der Waals surface area contributed by atoms with Gasteiger partial charge in [0, 0.05) is 36.8 Å². The van der Waals surface area contributed by atoms with E-state index in [-0.39, 0.29) is 10.9 Å². The van der Waals surface area contributed by atoms with Crippen molar-refractivity contribution in [3.8, 4) is 0 Å². The van der Waals surface area contributed by atoms with Crippen LogP contribution >= 0.6 is 34.5 Å². The van der Waals surface area contributed by atoms with E-state index < -0.39 is 15.9 Å². The highest BCUT2D eigenvalue weighted by atomic mass is 35.5. The number of halogens is 2. The van der Waals surface area contributed by atoms with Crippen molar-refractivity contribution in [2.45, 2.75) is 43.7 Å². The predicted molar refractivity (Wildman–Crippen MR) is 135 cm³/mol. The second-order valence-electron chi connectivity index (χ2n) is 8.17. The molecule has 1 fully saturated rings. The Morgan fingerprint density at radius 2 is 1.94 bits per heavy atom. The van der Waals surface area contributed by atoms with Crippen LogP contribution in [0, 0.1) is 0 Å². The second-order valence-corrected chi connectivity index (χ2v) is 11.9. The number of thiazole rings is 1. The SMILES string of the molecule is COCCn1c(=NC(=O)c2ccc(S(=O)(=O)N3CCCCC3C)cc2)sc2cc(Cl)cc(Cl)c21. The first-order valence-corrected chi connectivity index (χ1v) is 13.9. The third-order valence-corrected chi connectivity index (χ3v) is 9.42. The summed E-state index contributed by atoms with van der Waals surface area (Å²) in [6, 6.07) is 9.34. The van der Waals surface area contributed by atoms with Gasteiger partial charge in [0.05, 0.1) is 26.7 Å². The number of nitrogens with zero attached hydrogens (tertiary/aromatic N) is 3. The lowest BCUT2D eigenvalue weighted by atomic mass is 10.1. The van der Waals surface area contributed by atoms with Crippen molar-refractivity contribution < 1.29 is 17.9 Å². The van der Waals surface area contributed by atoms with Gasteiger partial charge < -0.3 is 9.30 Å². The van der Waals surface area contributed by atoms with Crippen LogP contribution < -0.4 is 4.80 Å². The van der Waals surface area contributed by atoms with Crippen molar-refractivity contribution in [3.05, 3.63) is 56.8 Å². The van der Waals surface area contributed by atoms with Crippen molar-refractivity contribution in [1.29, 1.82) is 0 Å². The molecule has 34 heavy (non-hydrogen) atoms. The highest BCUT2D eigenvalue weighted by Crippen LogP contribution is 2.30. The zero-order valence-electron chi connectivity index (χ0n) is 18.8. The molecule has 182 valence electrons. The first-order chi connectivity index (χ1) is 16.2. The number of amides is 1. The third-order valence-electron chi connectivity index (χ3n) is 5.86. The van der Waals surface area contributed by atoms with Crippen molar-refractivity contribution in [3.63, 3.8) is 0 Å². The third kappa shape index (κ3) is 5.10. The Morgan fingerprint density at radius 1 is 1.21 bits per heavy atom. The molecule has 11 heteroatoms. The van der Waals surface area contributed by atoms with Gasteiger partial charge in [-0.1, -0.05) is 41.0 Å². The van der Waals surface area contributed by atoms with Gasteiger partial charge in [0.15, 0.2) is 4.80 Å². The molecular weight excluding hydrogens is 517 g/mol. The van der Waals surface area contributed by atoms with Crippen molar-refractivity contribution in [1.82, 2.24) is 8.87 Å². The maximum Gasteiger partial charge on any atom is 0.279 e. The maximum atomic E-state index is 13.1. The molecular formula is C23H25Cl2N3O4S2. The summed E-state index contributed by atoms with van der Waals surface area (Å²) in [4.78, 5) is 17.9. The Hall–Kier alpha value is -1.75. The van der Waals surface area contributed by atoms with Gasteiger partial charge in [0.2, 0.25) is 10.0 Å². The van der Waals surface area contributed by atoms with E-state index in [2.05, 4.69) is 4.99 Å². The van der Waals surface area contributed by atoms with Crippen LogP contribution in [-0.4, -0.2) is 49.5 Å². The first kappa shape index (κ1) is 25.3. The van der Waals surface area contributed by atoms with Crippen LogP contribution in [0.5, 0.6) is 0 Å². The minimum atomic E-state index is -3.61. The van der Waals surface area contributed by atoms with Gasteiger partial charge in [-0.25, -0.2) is 8.42 Å². The van der Waals surface area contributed by atoms with Gasteiger partial charge in [-0.15, -0.1) is 0 Å². The molecule has 0 bridgehead atoms. The maximum absolute atomic E-state index is 13.1. The lowest BCUT2D eigenvalue weighted by Gasteiger charge is -2.32. The minimum absolute atomic E-state index is 0.0362.